The molecule has 82 valence electrons. The van der Waals surface area contributed by atoms with Crippen molar-refractivity contribution in [2.75, 3.05) is 11.9 Å². The van der Waals surface area contributed by atoms with Crippen LogP contribution in [0.2, 0.25) is 0 Å². The molecule has 0 fully saturated rings. The van der Waals surface area contributed by atoms with Gasteiger partial charge in [-0.25, -0.2) is 0 Å². The number of hydrogen-bond acceptors (Lipinski definition) is 2. The second-order valence-electron chi connectivity index (χ2n) is 3.62. The lowest BCUT2D eigenvalue weighted by atomic mass is 10.1. The molecule has 0 aliphatic rings. The molecule has 3 N–H and O–H groups in total. The average molecular weight is 206 g/mol. The Labute approximate surface area is 90.7 Å². The van der Waals surface area contributed by atoms with E-state index in [-0.39, 0.29) is 5.91 Å². The van der Waals surface area contributed by atoms with Gasteiger partial charge in [0, 0.05) is 12.2 Å². The van der Waals surface area contributed by atoms with Gasteiger partial charge in [0.1, 0.15) is 0 Å². The van der Waals surface area contributed by atoms with Gasteiger partial charge in [0.05, 0.1) is 6.42 Å². The summed E-state index contributed by atoms with van der Waals surface area (Å²) in [6.45, 7) is 3.16. The molecule has 0 unspecified atom stereocenters. The third-order valence-electron chi connectivity index (χ3n) is 2.19. The molecule has 15 heavy (non-hydrogen) atoms. The van der Waals surface area contributed by atoms with Crippen molar-refractivity contribution in [3.8, 4) is 0 Å². The van der Waals surface area contributed by atoms with E-state index in [2.05, 4.69) is 12.2 Å². The normalized spacial score (nSPS) is 9.93. The standard InChI is InChI=1S/C12H18N2O/c1-2-3-8-14-11-6-4-10(5-7-11)9-12(13)15/h4-7,14H,2-3,8-9H2,1H3,(H2,13,15). The number of primary amides is 1. The number of unbranched alkanes of at least 4 members (excludes halogenated alkanes) is 1. The largest absolute Gasteiger partial charge is 0.385 e. The van der Waals surface area contributed by atoms with E-state index in [1.54, 1.807) is 0 Å². The molecule has 0 aromatic heterocycles. The van der Waals surface area contributed by atoms with E-state index in [9.17, 15) is 4.79 Å². The van der Waals surface area contributed by atoms with Crippen molar-refractivity contribution in [2.45, 2.75) is 26.2 Å². The van der Waals surface area contributed by atoms with Gasteiger partial charge in [-0.2, -0.15) is 0 Å². The molecule has 1 rings (SSSR count). The van der Waals surface area contributed by atoms with Crippen LogP contribution in [0.5, 0.6) is 0 Å². The zero-order chi connectivity index (χ0) is 11.1. The molecular weight excluding hydrogens is 188 g/mol. The molecule has 3 nitrogen and oxygen atoms in total. The van der Waals surface area contributed by atoms with Crippen LogP contribution in [-0.4, -0.2) is 12.5 Å². The van der Waals surface area contributed by atoms with Gasteiger partial charge in [-0.1, -0.05) is 25.5 Å². The van der Waals surface area contributed by atoms with Crippen LogP contribution >= 0.6 is 0 Å². The molecule has 0 saturated heterocycles. The molecule has 3 heteroatoms. The van der Waals surface area contributed by atoms with Crippen LogP contribution in [0.3, 0.4) is 0 Å². The predicted octanol–water partition coefficient (Wildman–Crippen LogP) is 1.93. The van der Waals surface area contributed by atoms with Crippen LogP contribution in [-0.2, 0) is 11.2 Å². The maximum atomic E-state index is 10.7. The summed E-state index contributed by atoms with van der Waals surface area (Å²) in [5.41, 5.74) is 7.16. The first-order valence-corrected chi connectivity index (χ1v) is 5.33. The van der Waals surface area contributed by atoms with Crippen molar-refractivity contribution in [3.05, 3.63) is 29.8 Å². The third kappa shape index (κ3) is 4.49. The smallest absolute Gasteiger partial charge is 0.221 e. The molecule has 1 aromatic rings. The average Bonchev–Trinajstić information content (AvgIpc) is 2.20. The second-order valence-corrected chi connectivity index (χ2v) is 3.62. The topological polar surface area (TPSA) is 55.1 Å². The molecule has 0 aliphatic carbocycles. The van der Waals surface area contributed by atoms with Crippen LogP contribution in [0.1, 0.15) is 25.3 Å². The number of nitrogens with one attached hydrogen (secondary N) is 1. The minimum Gasteiger partial charge on any atom is -0.385 e. The minimum atomic E-state index is -0.290. The third-order valence-corrected chi connectivity index (χ3v) is 2.19. The number of amides is 1. The zero-order valence-electron chi connectivity index (χ0n) is 9.12. The Morgan fingerprint density at radius 1 is 1.33 bits per heavy atom. The Bertz CT molecular complexity index is 306. The number of benzene rings is 1. The lowest BCUT2D eigenvalue weighted by Crippen LogP contribution is -2.13. The van der Waals surface area contributed by atoms with Crippen molar-refractivity contribution >= 4 is 11.6 Å². The van der Waals surface area contributed by atoms with E-state index in [1.807, 2.05) is 24.3 Å². The molecule has 0 aliphatic heterocycles. The number of carbonyl (C=O) groups is 1. The molecule has 0 spiro atoms. The highest BCUT2D eigenvalue weighted by molar-refractivity contribution is 5.76. The summed E-state index contributed by atoms with van der Waals surface area (Å²) in [5, 5.41) is 3.31. The number of hydrogen-bond donors (Lipinski definition) is 2. The van der Waals surface area contributed by atoms with Crippen LogP contribution < -0.4 is 11.1 Å². The first-order chi connectivity index (χ1) is 7.22. The quantitative estimate of drug-likeness (QED) is 0.699. The van der Waals surface area contributed by atoms with E-state index in [0.29, 0.717) is 6.42 Å². The Morgan fingerprint density at radius 3 is 2.53 bits per heavy atom. The van der Waals surface area contributed by atoms with E-state index < -0.39 is 0 Å². The Balaban J connectivity index is 2.45. The molecule has 0 saturated carbocycles. The van der Waals surface area contributed by atoms with Crippen molar-refractivity contribution in [1.29, 1.82) is 0 Å². The van der Waals surface area contributed by atoms with Crippen LogP contribution in [0.15, 0.2) is 24.3 Å². The number of nitrogens with two attached hydrogens (primary N) is 1. The molecule has 0 atom stereocenters. The lowest BCUT2D eigenvalue weighted by molar-refractivity contribution is -0.117. The summed E-state index contributed by atoms with van der Waals surface area (Å²) < 4.78 is 0. The molecular formula is C12H18N2O. The Kier molecular flexibility index (Phi) is 4.68. The van der Waals surface area contributed by atoms with Gasteiger partial charge >= 0.3 is 0 Å². The first kappa shape index (κ1) is 11.6. The fourth-order valence-corrected chi connectivity index (χ4v) is 1.35. The Hall–Kier alpha value is -1.51. The minimum absolute atomic E-state index is 0.290. The molecule has 0 radical (unpaired) electrons. The highest BCUT2D eigenvalue weighted by Crippen LogP contribution is 2.09. The maximum absolute atomic E-state index is 10.7. The summed E-state index contributed by atoms with van der Waals surface area (Å²) in [7, 11) is 0. The summed E-state index contributed by atoms with van der Waals surface area (Å²) in [6.07, 6.45) is 2.67. The van der Waals surface area contributed by atoms with Crippen LogP contribution in [0.25, 0.3) is 0 Å². The second kappa shape index (κ2) is 6.06. The number of carbonyl (C=O) groups excluding carboxylic acids is 1. The van der Waals surface area contributed by atoms with Gasteiger partial charge in [0.2, 0.25) is 5.91 Å². The molecule has 0 bridgehead atoms. The van der Waals surface area contributed by atoms with Crippen molar-refractivity contribution < 1.29 is 4.79 Å². The van der Waals surface area contributed by atoms with E-state index in [0.717, 1.165) is 17.8 Å². The van der Waals surface area contributed by atoms with Crippen LogP contribution in [0.4, 0.5) is 5.69 Å². The lowest BCUT2D eigenvalue weighted by Gasteiger charge is -2.05. The maximum Gasteiger partial charge on any atom is 0.221 e. The predicted molar refractivity (Wildman–Crippen MR) is 62.7 cm³/mol. The Morgan fingerprint density at radius 2 is 2.00 bits per heavy atom. The van der Waals surface area contributed by atoms with Crippen molar-refractivity contribution in [1.82, 2.24) is 0 Å². The van der Waals surface area contributed by atoms with Gasteiger partial charge in [-0.3, -0.25) is 4.79 Å². The summed E-state index contributed by atoms with van der Waals surface area (Å²) >= 11 is 0. The van der Waals surface area contributed by atoms with E-state index >= 15 is 0 Å². The van der Waals surface area contributed by atoms with Gasteiger partial charge in [0.25, 0.3) is 0 Å². The number of rotatable bonds is 6. The van der Waals surface area contributed by atoms with Gasteiger partial charge in [-0.05, 0) is 24.1 Å². The monoisotopic (exact) mass is 206 g/mol. The van der Waals surface area contributed by atoms with E-state index in [1.165, 1.54) is 12.8 Å². The zero-order valence-corrected chi connectivity index (χ0v) is 9.12. The van der Waals surface area contributed by atoms with E-state index in [4.69, 9.17) is 5.73 Å². The highest BCUT2D eigenvalue weighted by Gasteiger charge is 1.97. The molecule has 1 amide bonds. The van der Waals surface area contributed by atoms with Gasteiger partial charge in [-0.15, -0.1) is 0 Å². The fraction of sp³-hybridized carbons (Fsp3) is 0.417. The fourth-order valence-electron chi connectivity index (χ4n) is 1.35. The summed E-state index contributed by atoms with van der Waals surface area (Å²) in [6, 6.07) is 7.82. The van der Waals surface area contributed by atoms with Crippen molar-refractivity contribution in [2.24, 2.45) is 5.73 Å². The summed E-state index contributed by atoms with van der Waals surface area (Å²) in [4.78, 5) is 10.7. The van der Waals surface area contributed by atoms with Crippen molar-refractivity contribution in [3.63, 3.8) is 0 Å². The van der Waals surface area contributed by atoms with Gasteiger partial charge in [0.15, 0.2) is 0 Å². The van der Waals surface area contributed by atoms with Crippen LogP contribution in [0, 0.1) is 0 Å². The number of anilines is 1. The molecule has 0 heterocycles. The summed E-state index contributed by atoms with van der Waals surface area (Å²) in [5.74, 6) is -0.290. The van der Waals surface area contributed by atoms with Gasteiger partial charge < -0.3 is 11.1 Å². The highest BCUT2D eigenvalue weighted by atomic mass is 16.1. The SMILES string of the molecule is CCCCNc1ccc(CC(N)=O)cc1. The molecule has 1 aromatic carbocycles. The first-order valence-electron chi connectivity index (χ1n) is 5.33.